The topological polar surface area (TPSA) is 46.1 Å². The van der Waals surface area contributed by atoms with E-state index in [1.54, 1.807) is 0 Å². The van der Waals surface area contributed by atoms with Crippen LogP contribution >= 0.6 is 0 Å². The molecule has 0 aromatic heterocycles. The summed E-state index contributed by atoms with van der Waals surface area (Å²) in [5.41, 5.74) is 0.774. The number of likely N-dealkylation sites (tertiary alicyclic amines) is 1. The Labute approximate surface area is 157 Å². The molecule has 3 heterocycles. The molecular formula is C21H35N3O2. The van der Waals surface area contributed by atoms with Crippen LogP contribution in [0.15, 0.2) is 4.99 Å². The third-order valence-corrected chi connectivity index (χ3v) is 7.99. The van der Waals surface area contributed by atoms with Crippen molar-refractivity contribution in [1.82, 2.24) is 10.2 Å². The normalized spacial score (nSPS) is 41.7. The van der Waals surface area contributed by atoms with Gasteiger partial charge in [-0.15, -0.1) is 0 Å². The highest BCUT2D eigenvalue weighted by molar-refractivity contribution is 5.81. The fourth-order valence-corrected chi connectivity index (χ4v) is 6.60. The Kier molecular flexibility index (Phi) is 4.43. The highest BCUT2D eigenvalue weighted by atomic mass is 16.5. The van der Waals surface area contributed by atoms with E-state index in [4.69, 9.17) is 14.5 Å². The van der Waals surface area contributed by atoms with E-state index in [2.05, 4.69) is 17.1 Å². The first kappa shape index (κ1) is 17.3. The summed E-state index contributed by atoms with van der Waals surface area (Å²) in [7, 11) is 0. The maximum Gasteiger partial charge on any atom is 0.194 e. The molecule has 5 aliphatic rings. The van der Waals surface area contributed by atoms with E-state index >= 15 is 0 Å². The first-order valence-corrected chi connectivity index (χ1v) is 11.0. The van der Waals surface area contributed by atoms with Crippen LogP contribution in [0.2, 0.25) is 0 Å². The number of rotatable bonds is 2. The average molecular weight is 362 g/mol. The molecule has 3 aliphatic heterocycles. The predicted octanol–water partition coefficient (Wildman–Crippen LogP) is 2.80. The minimum Gasteiger partial charge on any atom is -0.381 e. The average Bonchev–Trinajstić information content (AvgIpc) is 3.03. The summed E-state index contributed by atoms with van der Waals surface area (Å²) in [4.78, 5) is 7.49. The smallest absolute Gasteiger partial charge is 0.194 e. The van der Waals surface area contributed by atoms with E-state index in [1.807, 2.05) is 0 Å². The van der Waals surface area contributed by atoms with Crippen LogP contribution in [0.1, 0.15) is 58.3 Å². The Morgan fingerprint density at radius 2 is 2.04 bits per heavy atom. The van der Waals surface area contributed by atoms with E-state index in [9.17, 15) is 0 Å². The second-order valence-electron chi connectivity index (χ2n) is 9.43. The summed E-state index contributed by atoms with van der Waals surface area (Å²) in [5, 5.41) is 3.97. The summed E-state index contributed by atoms with van der Waals surface area (Å²) in [5.74, 6) is 1.87. The van der Waals surface area contributed by atoms with Crippen molar-refractivity contribution in [1.29, 1.82) is 0 Å². The molecule has 26 heavy (non-hydrogen) atoms. The molecule has 0 amide bonds. The Balaban J connectivity index is 1.31. The molecule has 2 spiro atoms. The molecule has 0 radical (unpaired) electrons. The Bertz CT molecular complexity index is 548. The van der Waals surface area contributed by atoms with Gasteiger partial charge in [0, 0.05) is 55.6 Å². The van der Waals surface area contributed by atoms with E-state index < -0.39 is 0 Å². The lowest BCUT2D eigenvalue weighted by Crippen LogP contribution is -2.73. The highest BCUT2D eigenvalue weighted by Crippen LogP contribution is 2.62. The Hall–Kier alpha value is -0.810. The van der Waals surface area contributed by atoms with Gasteiger partial charge in [0.1, 0.15) is 0 Å². The van der Waals surface area contributed by atoms with Crippen molar-refractivity contribution in [2.24, 2.45) is 21.7 Å². The van der Waals surface area contributed by atoms with Gasteiger partial charge in [-0.2, -0.15) is 0 Å². The van der Waals surface area contributed by atoms with Crippen LogP contribution in [0.4, 0.5) is 0 Å². The summed E-state index contributed by atoms with van der Waals surface area (Å²) >= 11 is 0. The SMILES string of the molecule is CCN=C(NC1C2CCOC2C12CCC2)N1CCCC2(CCCOC2)C1. The van der Waals surface area contributed by atoms with Crippen LogP contribution in [0.3, 0.4) is 0 Å². The number of nitrogens with one attached hydrogen (secondary N) is 1. The molecule has 3 saturated heterocycles. The van der Waals surface area contributed by atoms with Crippen molar-refractivity contribution >= 4 is 5.96 Å². The highest BCUT2D eigenvalue weighted by Gasteiger charge is 2.67. The number of fused-ring (bicyclic) bond motifs is 2. The molecule has 5 nitrogen and oxygen atoms in total. The standard InChI is InChI=1S/C21H35N3O2/c1-2-22-19(24-11-4-7-20(14-24)8-5-12-25-15-20)23-17-16-6-13-26-18(16)21(17)9-3-10-21/h16-18H,2-15H2,1H3,(H,22,23). The molecule has 0 aromatic carbocycles. The van der Waals surface area contributed by atoms with Gasteiger partial charge in [-0.3, -0.25) is 4.99 Å². The van der Waals surface area contributed by atoms with Crippen molar-refractivity contribution < 1.29 is 9.47 Å². The first-order valence-electron chi connectivity index (χ1n) is 11.0. The van der Waals surface area contributed by atoms with Gasteiger partial charge < -0.3 is 19.7 Å². The van der Waals surface area contributed by atoms with Gasteiger partial charge >= 0.3 is 0 Å². The van der Waals surface area contributed by atoms with E-state index in [0.717, 1.165) is 39.5 Å². The van der Waals surface area contributed by atoms with Crippen LogP contribution in [-0.2, 0) is 9.47 Å². The molecule has 2 aliphatic carbocycles. The molecular weight excluding hydrogens is 326 g/mol. The molecule has 4 atom stereocenters. The van der Waals surface area contributed by atoms with Crippen LogP contribution in [0.25, 0.3) is 0 Å². The van der Waals surface area contributed by atoms with Crippen molar-refractivity contribution in [3.63, 3.8) is 0 Å². The molecule has 0 aromatic rings. The van der Waals surface area contributed by atoms with Gasteiger partial charge in [-0.25, -0.2) is 0 Å². The number of aliphatic imine (C=N–C) groups is 1. The zero-order valence-corrected chi connectivity index (χ0v) is 16.3. The zero-order chi connectivity index (χ0) is 17.6. The van der Waals surface area contributed by atoms with Crippen molar-refractivity contribution in [3.8, 4) is 0 Å². The largest absolute Gasteiger partial charge is 0.381 e. The second kappa shape index (κ2) is 6.66. The van der Waals surface area contributed by atoms with Gasteiger partial charge in [-0.1, -0.05) is 6.42 Å². The maximum atomic E-state index is 6.11. The van der Waals surface area contributed by atoms with Crippen LogP contribution in [0.5, 0.6) is 0 Å². The lowest BCUT2D eigenvalue weighted by atomic mass is 9.46. The monoisotopic (exact) mass is 361 g/mol. The number of nitrogens with zero attached hydrogens (tertiary/aromatic N) is 2. The summed E-state index contributed by atoms with van der Waals surface area (Å²) in [6.07, 6.45) is 10.9. The quantitative estimate of drug-likeness (QED) is 0.607. The van der Waals surface area contributed by atoms with Crippen molar-refractivity contribution in [2.45, 2.75) is 70.4 Å². The molecule has 146 valence electrons. The van der Waals surface area contributed by atoms with Crippen LogP contribution in [0, 0.1) is 16.7 Å². The minimum absolute atomic E-state index is 0.361. The Morgan fingerprint density at radius 1 is 1.15 bits per heavy atom. The van der Waals surface area contributed by atoms with E-state index in [-0.39, 0.29) is 0 Å². The predicted molar refractivity (Wildman–Crippen MR) is 102 cm³/mol. The fraction of sp³-hybridized carbons (Fsp3) is 0.952. The third-order valence-electron chi connectivity index (χ3n) is 7.99. The van der Waals surface area contributed by atoms with Crippen LogP contribution in [-0.4, -0.2) is 62.5 Å². The molecule has 5 heteroatoms. The van der Waals surface area contributed by atoms with Gasteiger partial charge in [0.05, 0.1) is 12.7 Å². The lowest BCUT2D eigenvalue weighted by Gasteiger charge is -2.63. The molecule has 5 rings (SSSR count). The molecule has 2 saturated carbocycles. The summed E-state index contributed by atoms with van der Waals surface area (Å²) in [6.45, 7) is 8.11. The van der Waals surface area contributed by atoms with Gasteiger partial charge in [0.25, 0.3) is 0 Å². The van der Waals surface area contributed by atoms with Crippen molar-refractivity contribution in [2.75, 3.05) is 39.5 Å². The lowest BCUT2D eigenvalue weighted by molar-refractivity contribution is -0.171. The van der Waals surface area contributed by atoms with Crippen molar-refractivity contribution in [3.05, 3.63) is 0 Å². The van der Waals surface area contributed by atoms with Crippen LogP contribution < -0.4 is 5.32 Å². The van der Waals surface area contributed by atoms with E-state index in [0.29, 0.717) is 28.9 Å². The molecule has 4 unspecified atom stereocenters. The Morgan fingerprint density at radius 3 is 2.77 bits per heavy atom. The fourth-order valence-electron chi connectivity index (χ4n) is 6.60. The third kappa shape index (κ3) is 2.61. The summed E-state index contributed by atoms with van der Waals surface area (Å²) < 4.78 is 12.0. The van der Waals surface area contributed by atoms with Gasteiger partial charge in [-0.05, 0) is 51.9 Å². The number of hydrogen-bond donors (Lipinski definition) is 1. The number of guanidine groups is 1. The van der Waals surface area contributed by atoms with Gasteiger partial charge in [0.15, 0.2) is 5.96 Å². The summed E-state index contributed by atoms with van der Waals surface area (Å²) in [6, 6.07) is 0.578. The van der Waals surface area contributed by atoms with Gasteiger partial charge in [0.2, 0.25) is 0 Å². The first-order chi connectivity index (χ1) is 12.8. The molecule has 5 fully saturated rings. The number of hydrogen-bond acceptors (Lipinski definition) is 3. The minimum atomic E-state index is 0.361. The number of piperidine rings is 1. The molecule has 1 N–H and O–H groups in total. The molecule has 0 bridgehead atoms. The second-order valence-corrected chi connectivity index (χ2v) is 9.43. The van der Waals surface area contributed by atoms with E-state index in [1.165, 1.54) is 57.3 Å². The number of ether oxygens (including phenoxy) is 2. The zero-order valence-electron chi connectivity index (χ0n) is 16.3. The maximum absolute atomic E-state index is 6.11.